The molecule has 0 saturated carbocycles. The quantitative estimate of drug-likeness (QED) is 0.799. The van der Waals surface area contributed by atoms with Crippen molar-refractivity contribution in [3.05, 3.63) is 42.5 Å². The summed E-state index contributed by atoms with van der Waals surface area (Å²) in [6.45, 7) is 1.96. The van der Waals surface area contributed by atoms with Crippen LogP contribution in [0, 0.1) is 11.7 Å². The molecule has 0 aliphatic carbocycles. The Morgan fingerprint density at radius 3 is 3.13 bits per heavy atom. The molecule has 0 aromatic carbocycles. The van der Waals surface area contributed by atoms with Crippen molar-refractivity contribution in [3.8, 4) is 11.4 Å². The Hall–Kier alpha value is -2.41. The van der Waals surface area contributed by atoms with Gasteiger partial charge in [-0.15, -0.1) is 0 Å². The largest absolute Gasteiger partial charge is 0.316 e. The second-order valence-corrected chi connectivity index (χ2v) is 5.87. The highest BCUT2D eigenvalue weighted by atomic mass is 19.1. The molecule has 23 heavy (non-hydrogen) atoms. The second-order valence-electron chi connectivity index (χ2n) is 5.87. The van der Waals surface area contributed by atoms with E-state index < -0.39 is 0 Å². The molecule has 0 spiro atoms. The number of nitrogens with zero attached hydrogens (tertiary/aromatic N) is 5. The first-order chi connectivity index (χ1) is 11.3. The van der Waals surface area contributed by atoms with Gasteiger partial charge in [-0.25, -0.2) is 18.9 Å². The lowest BCUT2D eigenvalue weighted by Crippen LogP contribution is -2.31. The van der Waals surface area contributed by atoms with Crippen molar-refractivity contribution in [3.63, 3.8) is 0 Å². The number of halogens is 1. The van der Waals surface area contributed by atoms with Crippen molar-refractivity contribution in [2.75, 3.05) is 13.1 Å². The minimum Gasteiger partial charge on any atom is -0.316 e. The molecule has 3 aromatic rings. The topological polar surface area (TPSA) is 68.0 Å². The van der Waals surface area contributed by atoms with E-state index in [1.807, 2.05) is 0 Å². The van der Waals surface area contributed by atoms with Crippen LogP contribution in [0.1, 0.15) is 18.5 Å². The summed E-state index contributed by atoms with van der Waals surface area (Å²) in [4.78, 5) is 12.7. The minimum atomic E-state index is -0.339. The van der Waals surface area contributed by atoms with Gasteiger partial charge in [0, 0.05) is 12.4 Å². The molecule has 118 valence electrons. The number of hydrogen-bond acceptors (Lipinski definition) is 5. The van der Waals surface area contributed by atoms with E-state index in [1.165, 1.54) is 6.20 Å². The van der Waals surface area contributed by atoms with Crippen LogP contribution >= 0.6 is 0 Å². The zero-order valence-corrected chi connectivity index (χ0v) is 12.6. The predicted molar refractivity (Wildman–Crippen MR) is 83.3 cm³/mol. The maximum absolute atomic E-state index is 14.1. The van der Waals surface area contributed by atoms with Gasteiger partial charge < -0.3 is 5.32 Å². The summed E-state index contributed by atoms with van der Waals surface area (Å²) in [6, 6.07) is 0. The first-order valence-corrected chi connectivity index (χ1v) is 7.81. The molecule has 3 aromatic heterocycles. The van der Waals surface area contributed by atoms with Gasteiger partial charge in [-0.2, -0.15) is 5.10 Å². The third-order valence-corrected chi connectivity index (χ3v) is 4.26. The van der Waals surface area contributed by atoms with Crippen LogP contribution in [-0.4, -0.2) is 37.7 Å². The number of rotatable bonds is 3. The van der Waals surface area contributed by atoms with Crippen molar-refractivity contribution in [2.24, 2.45) is 5.92 Å². The molecule has 1 fully saturated rings. The van der Waals surface area contributed by atoms with Gasteiger partial charge in [0.05, 0.1) is 35.4 Å². The zero-order chi connectivity index (χ0) is 15.6. The molecule has 6 nitrogen and oxygen atoms in total. The molecule has 1 aliphatic heterocycles. The van der Waals surface area contributed by atoms with Gasteiger partial charge in [-0.05, 0) is 38.3 Å². The fraction of sp³-hybridized carbons (Fsp3) is 0.375. The molecule has 0 radical (unpaired) electrons. The highest BCUT2D eigenvalue weighted by molar-refractivity contribution is 5.74. The summed E-state index contributed by atoms with van der Waals surface area (Å²) in [6.07, 6.45) is 10.9. The first-order valence-electron chi connectivity index (χ1n) is 7.81. The smallest absolute Gasteiger partial charge is 0.163 e. The fourth-order valence-electron chi connectivity index (χ4n) is 3.05. The van der Waals surface area contributed by atoms with E-state index in [-0.39, 0.29) is 5.82 Å². The van der Waals surface area contributed by atoms with Gasteiger partial charge in [0.25, 0.3) is 0 Å². The van der Waals surface area contributed by atoms with Crippen LogP contribution < -0.4 is 5.32 Å². The average molecular weight is 312 g/mol. The molecule has 1 N–H and O–H groups in total. The molecule has 0 bridgehead atoms. The van der Waals surface area contributed by atoms with E-state index in [2.05, 4.69) is 25.4 Å². The van der Waals surface area contributed by atoms with Gasteiger partial charge >= 0.3 is 0 Å². The molecular formula is C16H17FN6. The Kier molecular flexibility index (Phi) is 3.70. The number of fused-ring (bicyclic) bond motifs is 1. The summed E-state index contributed by atoms with van der Waals surface area (Å²) < 4.78 is 15.8. The standard InChI is InChI=1S/C16H17FN6/c17-13-9-20-16(12-8-21-23-5-4-19-10-15(12)23)22-14(13)6-11-2-1-3-18-7-11/h4-5,8-11,18H,1-3,6-7H2/t11-/m0/s1. The number of nitrogens with one attached hydrogen (secondary N) is 1. The maximum atomic E-state index is 14.1. The van der Waals surface area contributed by atoms with E-state index in [1.54, 1.807) is 29.3 Å². The van der Waals surface area contributed by atoms with E-state index in [0.717, 1.165) is 37.0 Å². The van der Waals surface area contributed by atoms with Crippen LogP contribution in [0.2, 0.25) is 0 Å². The minimum absolute atomic E-state index is 0.339. The summed E-state index contributed by atoms with van der Waals surface area (Å²) in [7, 11) is 0. The summed E-state index contributed by atoms with van der Waals surface area (Å²) in [5.74, 6) is 0.577. The molecule has 7 heteroatoms. The normalized spacial score (nSPS) is 18.4. The highest BCUT2D eigenvalue weighted by Gasteiger charge is 2.18. The zero-order valence-electron chi connectivity index (χ0n) is 12.6. The lowest BCUT2D eigenvalue weighted by atomic mass is 9.94. The molecule has 1 aliphatic rings. The molecule has 1 saturated heterocycles. The SMILES string of the molecule is Fc1cnc(-c2cnn3ccncc23)nc1C[C@@H]1CCCNC1. The number of hydrogen-bond donors (Lipinski definition) is 1. The Bertz CT molecular complexity index is 824. The summed E-state index contributed by atoms with van der Waals surface area (Å²) >= 11 is 0. The van der Waals surface area contributed by atoms with Gasteiger partial charge in [0.15, 0.2) is 11.6 Å². The van der Waals surface area contributed by atoms with Gasteiger partial charge in [0.1, 0.15) is 0 Å². The van der Waals surface area contributed by atoms with Gasteiger partial charge in [-0.3, -0.25) is 4.98 Å². The second kappa shape index (κ2) is 6.00. The van der Waals surface area contributed by atoms with E-state index in [4.69, 9.17) is 0 Å². The van der Waals surface area contributed by atoms with Gasteiger partial charge in [0.2, 0.25) is 0 Å². The number of aromatic nitrogens is 5. The molecule has 4 rings (SSSR count). The van der Waals surface area contributed by atoms with Crippen molar-refractivity contribution >= 4 is 5.52 Å². The lowest BCUT2D eigenvalue weighted by Gasteiger charge is -2.22. The van der Waals surface area contributed by atoms with Crippen LogP contribution in [0.15, 0.2) is 31.0 Å². The van der Waals surface area contributed by atoms with E-state index in [0.29, 0.717) is 23.9 Å². The molecule has 0 amide bonds. The molecule has 4 heterocycles. The summed E-state index contributed by atoms with van der Waals surface area (Å²) in [5.41, 5.74) is 2.05. The van der Waals surface area contributed by atoms with E-state index >= 15 is 0 Å². The number of piperidine rings is 1. The van der Waals surface area contributed by atoms with Crippen LogP contribution in [0.3, 0.4) is 0 Å². The Morgan fingerprint density at radius 1 is 1.30 bits per heavy atom. The third-order valence-electron chi connectivity index (χ3n) is 4.26. The maximum Gasteiger partial charge on any atom is 0.163 e. The predicted octanol–water partition coefficient (Wildman–Crippen LogP) is 1.87. The van der Waals surface area contributed by atoms with E-state index in [9.17, 15) is 4.39 Å². The van der Waals surface area contributed by atoms with Crippen molar-refractivity contribution in [1.29, 1.82) is 0 Å². The lowest BCUT2D eigenvalue weighted by molar-refractivity contribution is 0.368. The van der Waals surface area contributed by atoms with Crippen LogP contribution in [0.25, 0.3) is 16.9 Å². The monoisotopic (exact) mass is 312 g/mol. The van der Waals surface area contributed by atoms with Crippen molar-refractivity contribution < 1.29 is 4.39 Å². The highest BCUT2D eigenvalue weighted by Crippen LogP contribution is 2.23. The summed E-state index contributed by atoms with van der Waals surface area (Å²) in [5, 5.41) is 7.61. The molecular weight excluding hydrogens is 295 g/mol. The van der Waals surface area contributed by atoms with Crippen molar-refractivity contribution in [2.45, 2.75) is 19.3 Å². The molecule has 0 unspecified atom stereocenters. The van der Waals surface area contributed by atoms with Crippen LogP contribution in [-0.2, 0) is 6.42 Å². The van der Waals surface area contributed by atoms with Crippen LogP contribution in [0.5, 0.6) is 0 Å². The Labute approximate surface area is 132 Å². The van der Waals surface area contributed by atoms with Crippen molar-refractivity contribution in [1.82, 2.24) is 29.9 Å². The fourth-order valence-corrected chi connectivity index (χ4v) is 3.05. The Morgan fingerprint density at radius 2 is 2.26 bits per heavy atom. The van der Waals surface area contributed by atoms with Gasteiger partial charge in [-0.1, -0.05) is 0 Å². The third kappa shape index (κ3) is 2.79. The molecule has 1 atom stereocenters. The average Bonchev–Trinajstić information content (AvgIpc) is 3.02. The first kappa shape index (κ1) is 14.2. The van der Waals surface area contributed by atoms with Crippen LogP contribution in [0.4, 0.5) is 4.39 Å². The Balaban J connectivity index is 1.68.